The van der Waals surface area contributed by atoms with Gasteiger partial charge in [-0.15, -0.1) is 0 Å². The summed E-state index contributed by atoms with van der Waals surface area (Å²) in [5, 5.41) is 11.4. The number of hydrogen-bond donors (Lipinski definition) is 2. The Morgan fingerprint density at radius 1 is 1.50 bits per heavy atom. The molecule has 0 aliphatic rings. The number of carbonyl (C=O) groups is 1. The van der Waals surface area contributed by atoms with Crippen LogP contribution < -0.4 is 11.1 Å². The molecule has 1 atom stereocenters. The number of hydrogen-bond acceptors (Lipinski definition) is 4. The largest absolute Gasteiger partial charge is 0.328 e. The molecular formula is C13H17N3OS. The molecule has 0 aliphatic carbocycles. The second kappa shape index (κ2) is 7.75. The zero-order chi connectivity index (χ0) is 13.4. The minimum absolute atomic E-state index is 0.0330. The lowest BCUT2D eigenvalue weighted by atomic mass is 10.2. The maximum Gasteiger partial charge on any atom is 0.234 e. The van der Waals surface area contributed by atoms with Crippen molar-refractivity contribution in [1.29, 1.82) is 5.26 Å². The second-order valence-electron chi connectivity index (χ2n) is 4.06. The molecule has 5 heteroatoms. The molecule has 1 unspecified atom stereocenters. The second-order valence-corrected chi connectivity index (χ2v) is 5.16. The van der Waals surface area contributed by atoms with Gasteiger partial charge in [-0.2, -0.15) is 17.0 Å². The van der Waals surface area contributed by atoms with Gasteiger partial charge in [0.05, 0.1) is 17.4 Å². The van der Waals surface area contributed by atoms with Gasteiger partial charge in [0.2, 0.25) is 5.91 Å². The average Bonchev–Trinajstić information content (AvgIpc) is 2.35. The summed E-state index contributed by atoms with van der Waals surface area (Å²) in [7, 11) is 0. The zero-order valence-corrected chi connectivity index (χ0v) is 11.2. The van der Waals surface area contributed by atoms with E-state index in [0.717, 1.165) is 12.2 Å². The first-order chi connectivity index (χ1) is 8.61. The van der Waals surface area contributed by atoms with Crippen molar-refractivity contribution >= 4 is 23.4 Å². The molecule has 1 rings (SSSR count). The summed E-state index contributed by atoms with van der Waals surface area (Å²) >= 11 is 1.57. The molecule has 3 N–H and O–H groups in total. The number of amides is 1. The van der Waals surface area contributed by atoms with Gasteiger partial charge in [0.25, 0.3) is 0 Å². The third kappa shape index (κ3) is 5.71. The molecule has 0 aromatic heterocycles. The Morgan fingerprint density at radius 2 is 2.17 bits per heavy atom. The molecule has 0 saturated heterocycles. The highest BCUT2D eigenvalue weighted by molar-refractivity contribution is 7.99. The van der Waals surface area contributed by atoms with Gasteiger partial charge in [-0.25, -0.2) is 0 Å². The van der Waals surface area contributed by atoms with E-state index < -0.39 is 0 Å². The van der Waals surface area contributed by atoms with Crippen LogP contribution in [-0.4, -0.2) is 23.5 Å². The Bertz CT molecular complexity index is 423. The van der Waals surface area contributed by atoms with Crippen LogP contribution in [0, 0.1) is 11.3 Å². The maximum absolute atomic E-state index is 11.6. The number of nitrogens with two attached hydrogens (primary N) is 1. The fraction of sp³-hybridized carbons (Fsp3) is 0.385. The van der Waals surface area contributed by atoms with E-state index in [1.165, 1.54) is 0 Å². The topological polar surface area (TPSA) is 78.9 Å². The summed E-state index contributed by atoms with van der Waals surface area (Å²) in [6.45, 7) is 1.96. The number of carbonyl (C=O) groups excluding carboxylic acids is 1. The minimum atomic E-state index is -0.0330. The highest BCUT2D eigenvalue weighted by atomic mass is 32.2. The van der Waals surface area contributed by atoms with E-state index in [9.17, 15) is 4.79 Å². The lowest BCUT2D eigenvalue weighted by Crippen LogP contribution is -2.17. The van der Waals surface area contributed by atoms with E-state index in [2.05, 4.69) is 5.32 Å². The fourth-order valence-corrected chi connectivity index (χ4v) is 2.20. The number of nitriles is 1. The molecule has 0 saturated carbocycles. The molecule has 0 bridgehead atoms. The average molecular weight is 263 g/mol. The molecule has 0 aliphatic heterocycles. The van der Waals surface area contributed by atoms with Crippen molar-refractivity contribution in [2.45, 2.75) is 19.4 Å². The van der Waals surface area contributed by atoms with Gasteiger partial charge in [0.15, 0.2) is 0 Å². The van der Waals surface area contributed by atoms with Crippen LogP contribution in [0.15, 0.2) is 24.3 Å². The predicted octanol–water partition coefficient (Wildman–Crippen LogP) is 1.97. The van der Waals surface area contributed by atoms with Gasteiger partial charge in [-0.1, -0.05) is 0 Å². The monoisotopic (exact) mass is 263 g/mol. The molecule has 1 aromatic rings. The van der Waals surface area contributed by atoms with E-state index in [0.29, 0.717) is 17.0 Å². The van der Waals surface area contributed by atoms with Gasteiger partial charge < -0.3 is 11.1 Å². The summed E-state index contributed by atoms with van der Waals surface area (Å²) in [6.07, 6.45) is 0.912. The molecule has 1 amide bonds. The Kier molecular flexibility index (Phi) is 6.26. The summed E-state index contributed by atoms with van der Waals surface area (Å²) in [5.74, 6) is 1.28. The van der Waals surface area contributed by atoms with Crippen LogP contribution in [-0.2, 0) is 4.79 Å². The third-order valence-corrected chi connectivity index (χ3v) is 3.24. The van der Waals surface area contributed by atoms with E-state index in [-0.39, 0.29) is 11.9 Å². The molecule has 1 aromatic carbocycles. The van der Waals surface area contributed by atoms with Gasteiger partial charge in [-0.05, 0) is 43.4 Å². The number of nitrogens with zero attached hydrogens (tertiary/aromatic N) is 1. The van der Waals surface area contributed by atoms with E-state index in [1.807, 2.05) is 13.0 Å². The van der Waals surface area contributed by atoms with Crippen molar-refractivity contribution in [2.75, 3.05) is 16.8 Å². The molecule has 18 heavy (non-hydrogen) atoms. The van der Waals surface area contributed by atoms with Crippen molar-refractivity contribution in [1.82, 2.24) is 0 Å². The minimum Gasteiger partial charge on any atom is -0.328 e. The lowest BCUT2D eigenvalue weighted by Gasteiger charge is -2.06. The van der Waals surface area contributed by atoms with Crippen LogP contribution in [0.25, 0.3) is 0 Å². The number of anilines is 1. The zero-order valence-electron chi connectivity index (χ0n) is 10.3. The van der Waals surface area contributed by atoms with Crippen LogP contribution in [0.3, 0.4) is 0 Å². The van der Waals surface area contributed by atoms with Crippen LogP contribution >= 0.6 is 11.8 Å². The first-order valence-electron chi connectivity index (χ1n) is 5.75. The molecular weight excluding hydrogens is 246 g/mol. The number of benzene rings is 1. The van der Waals surface area contributed by atoms with Crippen molar-refractivity contribution in [3.8, 4) is 6.07 Å². The number of nitrogens with one attached hydrogen (secondary N) is 1. The smallest absolute Gasteiger partial charge is 0.234 e. The standard InChI is InChI=1S/C13H17N3OS/c1-10(15)6-7-18-9-13(17)16-12-4-2-11(8-14)3-5-12/h2-5,10H,6-7,9,15H2,1H3,(H,16,17). The van der Waals surface area contributed by atoms with Gasteiger partial charge in [0.1, 0.15) is 0 Å². The van der Waals surface area contributed by atoms with Gasteiger partial charge >= 0.3 is 0 Å². The Hall–Kier alpha value is -1.51. The normalized spacial score (nSPS) is 11.6. The lowest BCUT2D eigenvalue weighted by molar-refractivity contribution is -0.113. The van der Waals surface area contributed by atoms with E-state index in [4.69, 9.17) is 11.0 Å². The maximum atomic E-state index is 11.6. The van der Waals surface area contributed by atoms with Crippen LogP contribution in [0.2, 0.25) is 0 Å². The van der Waals surface area contributed by atoms with Crippen LogP contribution in [0.1, 0.15) is 18.9 Å². The summed E-state index contributed by atoms with van der Waals surface area (Å²) in [6, 6.07) is 9.02. The van der Waals surface area contributed by atoms with Gasteiger partial charge in [-0.3, -0.25) is 4.79 Å². The molecule has 96 valence electrons. The molecule has 0 radical (unpaired) electrons. The first kappa shape index (κ1) is 14.6. The molecule has 4 nitrogen and oxygen atoms in total. The first-order valence-corrected chi connectivity index (χ1v) is 6.90. The fourth-order valence-electron chi connectivity index (χ4n) is 1.26. The summed E-state index contributed by atoms with van der Waals surface area (Å²) < 4.78 is 0. The Balaban J connectivity index is 2.29. The number of rotatable bonds is 6. The van der Waals surface area contributed by atoms with Crippen LogP contribution in [0.5, 0.6) is 0 Å². The Morgan fingerprint density at radius 3 is 2.72 bits per heavy atom. The predicted molar refractivity (Wildman–Crippen MR) is 75.4 cm³/mol. The van der Waals surface area contributed by atoms with Crippen molar-refractivity contribution < 1.29 is 4.79 Å². The SMILES string of the molecule is CC(N)CCSCC(=O)Nc1ccc(C#N)cc1. The van der Waals surface area contributed by atoms with Crippen LogP contribution in [0.4, 0.5) is 5.69 Å². The van der Waals surface area contributed by atoms with Crippen molar-refractivity contribution in [3.05, 3.63) is 29.8 Å². The van der Waals surface area contributed by atoms with Gasteiger partial charge in [0, 0.05) is 11.7 Å². The molecule has 0 fully saturated rings. The number of thioether (sulfide) groups is 1. The van der Waals surface area contributed by atoms with Crippen molar-refractivity contribution in [2.24, 2.45) is 5.73 Å². The summed E-state index contributed by atoms with van der Waals surface area (Å²) in [5.41, 5.74) is 6.92. The quantitative estimate of drug-likeness (QED) is 0.769. The van der Waals surface area contributed by atoms with E-state index >= 15 is 0 Å². The third-order valence-electron chi connectivity index (χ3n) is 2.25. The molecule has 0 heterocycles. The van der Waals surface area contributed by atoms with E-state index in [1.54, 1.807) is 36.0 Å². The highest BCUT2D eigenvalue weighted by Crippen LogP contribution is 2.10. The molecule has 0 spiro atoms. The Labute approximate surface area is 112 Å². The summed E-state index contributed by atoms with van der Waals surface area (Å²) in [4.78, 5) is 11.6. The van der Waals surface area contributed by atoms with Crippen molar-refractivity contribution in [3.63, 3.8) is 0 Å². The highest BCUT2D eigenvalue weighted by Gasteiger charge is 2.03.